The minimum Gasteiger partial charge on any atom is -0.399 e. The Balaban J connectivity index is 1.49. The van der Waals surface area contributed by atoms with Gasteiger partial charge in [-0.1, -0.05) is 0 Å². The van der Waals surface area contributed by atoms with Gasteiger partial charge in [-0.2, -0.15) is 0 Å². The number of nitrogens with two attached hydrogens (primary N) is 1. The molecule has 2 aromatic heterocycles. The first kappa shape index (κ1) is 19.0. The quantitative estimate of drug-likeness (QED) is 0.808. The third-order valence-electron chi connectivity index (χ3n) is 5.95. The van der Waals surface area contributed by atoms with Crippen LogP contribution in [0.5, 0.6) is 0 Å². The molecule has 2 N–H and O–H groups in total. The van der Waals surface area contributed by atoms with Gasteiger partial charge in [0.2, 0.25) is 5.91 Å². The number of pyridine rings is 1. The summed E-state index contributed by atoms with van der Waals surface area (Å²) in [7, 11) is 1.68. The number of hydrogen-bond acceptors (Lipinski definition) is 6. The Bertz CT molecular complexity index is 1060. The molecule has 0 atom stereocenters. The fraction of sp³-hybridized carbons (Fsp3) is 0.429. The van der Waals surface area contributed by atoms with Crippen molar-refractivity contribution in [3.8, 4) is 0 Å². The molecule has 1 fully saturated rings. The predicted molar refractivity (Wildman–Crippen MR) is 113 cm³/mol. The molecule has 3 aliphatic rings. The van der Waals surface area contributed by atoms with Crippen molar-refractivity contribution < 1.29 is 14.4 Å². The van der Waals surface area contributed by atoms with Crippen molar-refractivity contribution >= 4 is 39.7 Å². The van der Waals surface area contributed by atoms with E-state index < -0.39 is 0 Å². The van der Waals surface area contributed by atoms with Crippen LogP contribution in [-0.4, -0.2) is 59.2 Å². The summed E-state index contributed by atoms with van der Waals surface area (Å²) in [4.78, 5) is 49.0. The maximum absolute atomic E-state index is 13.1. The highest BCUT2D eigenvalue weighted by Crippen LogP contribution is 2.43. The third kappa shape index (κ3) is 3.23. The lowest BCUT2D eigenvalue weighted by molar-refractivity contribution is -0.119. The summed E-state index contributed by atoms with van der Waals surface area (Å²) in [5, 5.41) is 0.752. The number of hydrogen-bond donors (Lipinski definition) is 1. The highest BCUT2D eigenvalue weighted by atomic mass is 32.1. The SMILES string of the molecule is CN1CC(=O)N(CC2CC2)c2sc3c(c2C1=O)CCN(C(=O)c1cc(N)ccn1)C3. The molecule has 5 rings (SSSR count). The van der Waals surface area contributed by atoms with Crippen LogP contribution in [0.2, 0.25) is 0 Å². The maximum atomic E-state index is 13.1. The summed E-state index contributed by atoms with van der Waals surface area (Å²) in [6.45, 7) is 1.68. The second-order valence-electron chi connectivity index (χ2n) is 8.24. The number of fused-ring (bicyclic) bond motifs is 3. The molecule has 8 nitrogen and oxygen atoms in total. The highest BCUT2D eigenvalue weighted by molar-refractivity contribution is 7.17. The Morgan fingerprint density at radius 1 is 1.30 bits per heavy atom. The van der Waals surface area contributed by atoms with Crippen LogP contribution < -0.4 is 10.6 Å². The molecule has 0 spiro atoms. The second-order valence-corrected chi connectivity index (χ2v) is 9.33. The Morgan fingerprint density at radius 3 is 2.83 bits per heavy atom. The number of aromatic nitrogens is 1. The topological polar surface area (TPSA) is 99.8 Å². The number of carbonyl (C=O) groups is 3. The summed E-state index contributed by atoms with van der Waals surface area (Å²) < 4.78 is 0. The number of likely N-dealkylation sites (N-methyl/N-ethyl adjacent to an activating group) is 1. The maximum Gasteiger partial charge on any atom is 0.272 e. The zero-order chi connectivity index (χ0) is 21.0. The van der Waals surface area contributed by atoms with Crippen molar-refractivity contribution in [1.29, 1.82) is 0 Å². The van der Waals surface area contributed by atoms with Gasteiger partial charge in [-0.05, 0) is 42.9 Å². The van der Waals surface area contributed by atoms with Crippen LogP contribution in [0.1, 0.15) is 44.1 Å². The summed E-state index contributed by atoms with van der Waals surface area (Å²) in [6.07, 6.45) is 4.37. The highest BCUT2D eigenvalue weighted by Gasteiger charge is 2.39. The van der Waals surface area contributed by atoms with Gasteiger partial charge in [-0.3, -0.25) is 19.4 Å². The summed E-state index contributed by atoms with van der Waals surface area (Å²) >= 11 is 1.48. The Morgan fingerprint density at radius 2 is 2.10 bits per heavy atom. The summed E-state index contributed by atoms with van der Waals surface area (Å²) in [5.41, 5.74) is 8.24. The fourth-order valence-electron chi connectivity index (χ4n) is 4.11. The largest absolute Gasteiger partial charge is 0.399 e. The van der Waals surface area contributed by atoms with Gasteiger partial charge in [-0.25, -0.2) is 0 Å². The molecule has 3 amide bonds. The van der Waals surface area contributed by atoms with Crippen LogP contribution >= 0.6 is 11.3 Å². The van der Waals surface area contributed by atoms with E-state index in [0.29, 0.717) is 48.9 Å². The van der Waals surface area contributed by atoms with Crippen LogP contribution in [0.15, 0.2) is 18.3 Å². The van der Waals surface area contributed by atoms with Gasteiger partial charge >= 0.3 is 0 Å². The number of anilines is 2. The van der Waals surface area contributed by atoms with E-state index in [1.807, 2.05) is 4.90 Å². The molecular weight excluding hydrogens is 402 g/mol. The van der Waals surface area contributed by atoms with E-state index in [1.54, 1.807) is 24.1 Å². The molecule has 0 unspecified atom stereocenters. The van der Waals surface area contributed by atoms with Gasteiger partial charge in [0.05, 0.1) is 12.1 Å². The van der Waals surface area contributed by atoms with Crippen LogP contribution in [0.25, 0.3) is 0 Å². The lowest BCUT2D eigenvalue weighted by Crippen LogP contribution is -2.39. The van der Waals surface area contributed by atoms with Crippen LogP contribution in [-0.2, 0) is 17.8 Å². The fourth-order valence-corrected chi connectivity index (χ4v) is 5.49. The van der Waals surface area contributed by atoms with Crippen molar-refractivity contribution in [1.82, 2.24) is 14.8 Å². The number of amides is 3. The molecule has 0 saturated heterocycles. The van der Waals surface area contributed by atoms with E-state index in [9.17, 15) is 14.4 Å². The second kappa shape index (κ2) is 7.09. The van der Waals surface area contributed by atoms with Crippen LogP contribution in [0.4, 0.5) is 10.7 Å². The summed E-state index contributed by atoms with van der Waals surface area (Å²) in [5.74, 6) is 0.205. The van der Waals surface area contributed by atoms with Crippen molar-refractivity contribution in [2.75, 3.05) is 37.3 Å². The minimum absolute atomic E-state index is 0.0352. The molecule has 2 aromatic rings. The Kier molecular flexibility index (Phi) is 4.50. The lowest BCUT2D eigenvalue weighted by Gasteiger charge is -2.27. The molecule has 0 bridgehead atoms. The molecule has 0 radical (unpaired) electrons. The molecule has 1 aliphatic carbocycles. The first-order valence-corrected chi connectivity index (χ1v) is 10.9. The third-order valence-corrected chi connectivity index (χ3v) is 7.19. The first-order valence-electron chi connectivity index (χ1n) is 10.1. The van der Waals surface area contributed by atoms with Crippen LogP contribution in [0.3, 0.4) is 0 Å². The number of nitrogens with zero attached hydrogens (tertiary/aromatic N) is 4. The lowest BCUT2D eigenvalue weighted by atomic mass is 10.0. The molecule has 30 heavy (non-hydrogen) atoms. The molecule has 2 aliphatic heterocycles. The molecule has 1 saturated carbocycles. The number of carbonyl (C=O) groups excluding carboxylic acids is 3. The zero-order valence-corrected chi connectivity index (χ0v) is 17.6. The van der Waals surface area contributed by atoms with Gasteiger partial charge in [0.25, 0.3) is 11.8 Å². The van der Waals surface area contributed by atoms with Gasteiger partial charge in [-0.15, -0.1) is 11.3 Å². The number of nitrogen functional groups attached to an aromatic ring is 1. The van der Waals surface area contributed by atoms with Crippen molar-refractivity contribution in [2.45, 2.75) is 25.8 Å². The predicted octanol–water partition coefficient (Wildman–Crippen LogP) is 1.75. The minimum atomic E-state index is -0.175. The monoisotopic (exact) mass is 425 g/mol. The van der Waals surface area contributed by atoms with E-state index in [-0.39, 0.29) is 24.3 Å². The molecular formula is C21H23N5O3S. The van der Waals surface area contributed by atoms with Crippen molar-refractivity contribution in [2.24, 2.45) is 5.92 Å². The van der Waals surface area contributed by atoms with E-state index in [2.05, 4.69) is 4.98 Å². The number of thiophene rings is 1. The van der Waals surface area contributed by atoms with E-state index in [0.717, 1.165) is 28.3 Å². The first-order chi connectivity index (χ1) is 14.4. The smallest absolute Gasteiger partial charge is 0.272 e. The molecule has 9 heteroatoms. The Labute approximate surface area is 178 Å². The van der Waals surface area contributed by atoms with Gasteiger partial charge in [0.15, 0.2) is 0 Å². The number of rotatable bonds is 3. The molecule has 4 heterocycles. The van der Waals surface area contributed by atoms with Crippen molar-refractivity contribution in [3.05, 3.63) is 40.0 Å². The molecule has 0 aromatic carbocycles. The normalized spacial score (nSPS) is 18.9. The molecule has 156 valence electrons. The van der Waals surface area contributed by atoms with E-state index in [1.165, 1.54) is 22.4 Å². The zero-order valence-electron chi connectivity index (χ0n) is 16.8. The summed E-state index contributed by atoms with van der Waals surface area (Å²) in [6, 6.07) is 3.23. The van der Waals surface area contributed by atoms with E-state index >= 15 is 0 Å². The standard InChI is InChI=1S/C21H23N5O3S/c1-24-11-17(27)26(9-12-2-3-12)21-18(20(24)29)14-5-7-25(10-16(14)30-21)19(28)15-8-13(22)4-6-23-15/h4,6,8,12H,2-3,5,7,9-11H2,1H3,(H2,22,23). The van der Waals surface area contributed by atoms with Crippen molar-refractivity contribution in [3.63, 3.8) is 0 Å². The van der Waals surface area contributed by atoms with Gasteiger partial charge in [0.1, 0.15) is 17.2 Å². The average Bonchev–Trinajstić information content (AvgIpc) is 3.49. The van der Waals surface area contributed by atoms with E-state index in [4.69, 9.17) is 5.73 Å². The van der Waals surface area contributed by atoms with Crippen LogP contribution in [0, 0.1) is 5.92 Å². The van der Waals surface area contributed by atoms with Gasteiger partial charge < -0.3 is 20.4 Å². The average molecular weight is 426 g/mol. The van der Waals surface area contributed by atoms with Gasteiger partial charge in [0, 0.05) is 36.9 Å². The Hall–Kier alpha value is -2.94.